The highest BCUT2D eigenvalue weighted by Crippen LogP contribution is 2.37. The maximum Gasteiger partial charge on any atom is 0.418 e. The van der Waals surface area contributed by atoms with Gasteiger partial charge in [0.05, 0.1) is 11.3 Å². The summed E-state index contributed by atoms with van der Waals surface area (Å²) in [6.07, 6.45) is -3.27. The van der Waals surface area contributed by atoms with Gasteiger partial charge < -0.3 is 16.4 Å². The van der Waals surface area contributed by atoms with E-state index in [1.165, 1.54) is 24.5 Å². The summed E-state index contributed by atoms with van der Waals surface area (Å²) in [6, 6.07) is 18.7. The van der Waals surface area contributed by atoms with E-state index in [0.29, 0.717) is 5.82 Å². The van der Waals surface area contributed by atoms with Gasteiger partial charge in [0.15, 0.2) is 11.6 Å². The highest BCUT2D eigenvalue weighted by molar-refractivity contribution is 5.96. The second-order valence-corrected chi connectivity index (χ2v) is 6.30. The average molecular weight is 395 g/mol. The minimum absolute atomic E-state index is 0.0828. The quantitative estimate of drug-likeness (QED) is 0.412. The van der Waals surface area contributed by atoms with Crippen LogP contribution in [-0.2, 0) is 6.18 Å². The number of para-hydroxylation sites is 1. The Labute approximate surface area is 164 Å². The lowest BCUT2D eigenvalue weighted by Crippen LogP contribution is -2.10. The van der Waals surface area contributed by atoms with E-state index in [1.54, 1.807) is 0 Å². The maximum absolute atomic E-state index is 13.3. The van der Waals surface area contributed by atoms with Gasteiger partial charge in [0.25, 0.3) is 0 Å². The SMILES string of the molecule is Nc1c(Nc2ccccc2C(F)(F)F)ncnc1Nc1cccc2ccccc12. The van der Waals surface area contributed by atoms with Crippen molar-refractivity contribution >= 4 is 39.5 Å². The second kappa shape index (κ2) is 7.31. The van der Waals surface area contributed by atoms with Crippen LogP contribution in [0.5, 0.6) is 0 Å². The van der Waals surface area contributed by atoms with Gasteiger partial charge in [0.2, 0.25) is 0 Å². The predicted molar refractivity (Wildman–Crippen MR) is 108 cm³/mol. The molecular weight excluding hydrogens is 379 g/mol. The minimum atomic E-state index is -4.50. The van der Waals surface area contributed by atoms with Crippen molar-refractivity contribution in [2.24, 2.45) is 0 Å². The number of alkyl halides is 3. The summed E-state index contributed by atoms with van der Waals surface area (Å²) in [5.41, 5.74) is 6.09. The Balaban J connectivity index is 1.69. The van der Waals surface area contributed by atoms with Crippen molar-refractivity contribution in [1.29, 1.82) is 0 Å². The molecule has 0 atom stereocenters. The Morgan fingerprint density at radius 3 is 2.07 bits per heavy atom. The summed E-state index contributed by atoms with van der Waals surface area (Å²) < 4.78 is 39.8. The number of nitrogens with one attached hydrogen (secondary N) is 2. The summed E-state index contributed by atoms with van der Waals surface area (Å²) in [4.78, 5) is 8.15. The van der Waals surface area contributed by atoms with Crippen LogP contribution >= 0.6 is 0 Å². The topological polar surface area (TPSA) is 75.9 Å². The lowest BCUT2D eigenvalue weighted by atomic mass is 10.1. The van der Waals surface area contributed by atoms with Crippen molar-refractivity contribution in [3.05, 3.63) is 78.6 Å². The van der Waals surface area contributed by atoms with Gasteiger partial charge >= 0.3 is 6.18 Å². The molecule has 0 amide bonds. The molecule has 0 radical (unpaired) electrons. The Bertz CT molecular complexity index is 1170. The number of nitrogens with zero attached hydrogens (tertiary/aromatic N) is 2. The zero-order chi connectivity index (χ0) is 20.4. The van der Waals surface area contributed by atoms with Crippen LogP contribution in [0.3, 0.4) is 0 Å². The Hall–Kier alpha value is -3.81. The molecule has 0 saturated carbocycles. The standard InChI is InChI=1S/C21H16F3N5/c22-21(23,24)15-9-3-4-10-17(15)29-20-18(25)19(26-12-27-20)28-16-11-5-7-13-6-1-2-8-14(13)16/h1-12H,25H2,(H2,26,27,28,29). The van der Waals surface area contributed by atoms with Gasteiger partial charge in [-0.3, -0.25) is 0 Å². The summed E-state index contributed by atoms with van der Waals surface area (Å²) in [5, 5.41) is 7.82. The molecule has 0 unspecified atom stereocenters. The molecule has 0 aliphatic carbocycles. The van der Waals surface area contributed by atoms with Gasteiger partial charge in [-0.2, -0.15) is 13.2 Å². The number of nitrogen functional groups attached to an aromatic ring is 1. The molecular formula is C21H16F3N5. The number of halogens is 3. The Kier molecular flexibility index (Phi) is 4.67. The molecule has 0 saturated heterocycles. The maximum atomic E-state index is 13.3. The fraction of sp³-hybridized carbons (Fsp3) is 0.0476. The molecule has 0 fully saturated rings. The number of hydrogen-bond donors (Lipinski definition) is 3. The first-order valence-corrected chi connectivity index (χ1v) is 8.72. The zero-order valence-electron chi connectivity index (χ0n) is 15.0. The third kappa shape index (κ3) is 3.77. The molecule has 29 heavy (non-hydrogen) atoms. The van der Waals surface area contributed by atoms with Crippen molar-refractivity contribution in [2.45, 2.75) is 6.18 Å². The molecule has 5 nitrogen and oxygen atoms in total. The van der Waals surface area contributed by atoms with Crippen LogP contribution in [-0.4, -0.2) is 9.97 Å². The number of fused-ring (bicyclic) bond motifs is 1. The van der Waals surface area contributed by atoms with Crippen LogP contribution in [0.15, 0.2) is 73.1 Å². The van der Waals surface area contributed by atoms with Crippen LogP contribution in [0.4, 0.5) is 41.9 Å². The fourth-order valence-electron chi connectivity index (χ4n) is 3.02. The lowest BCUT2D eigenvalue weighted by molar-refractivity contribution is -0.136. The number of hydrogen-bond acceptors (Lipinski definition) is 5. The minimum Gasteiger partial charge on any atom is -0.393 e. The largest absolute Gasteiger partial charge is 0.418 e. The zero-order valence-corrected chi connectivity index (χ0v) is 15.0. The van der Waals surface area contributed by atoms with Crippen molar-refractivity contribution in [2.75, 3.05) is 16.4 Å². The van der Waals surface area contributed by atoms with E-state index in [1.807, 2.05) is 42.5 Å². The van der Waals surface area contributed by atoms with E-state index in [2.05, 4.69) is 20.6 Å². The van der Waals surface area contributed by atoms with Gasteiger partial charge in [0.1, 0.15) is 12.0 Å². The average Bonchev–Trinajstić information content (AvgIpc) is 2.71. The Morgan fingerprint density at radius 1 is 0.724 bits per heavy atom. The van der Waals surface area contributed by atoms with E-state index in [9.17, 15) is 13.2 Å². The summed E-state index contributed by atoms with van der Waals surface area (Å²) >= 11 is 0. The number of nitrogens with two attached hydrogens (primary N) is 1. The van der Waals surface area contributed by atoms with Gasteiger partial charge in [0, 0.05) is 11.1 Å². The number of aromatic nitrogens is 2. The molecule has 1 heterocycles. The van der Waals surface area contributed by atoms with Crippen molar-refractivity contribution in [1.82, 2.24) is 9.97 Å². The molecule has 0 spiro atoms. The molecule has 4 aromatic rings. The van der Waals surface area contributed by atoms with Gasteiger partial charge in [-0.15, -0.1) is 0 Å². The van der Waals surface area contributed by atoms with E-state index in [-0.39, 0.29) is 17.2 Å². The molecule has 146 valence electrons. The van der Waals surface area contributed by atoms with Crippen LogP contribution in [0.1, 0.15) is 5.56 Å². The highest BCUT2D eigenvalue weighted by atomic mass is 19.4. The van der Waals surface area contributed by atoms with Gasteiger partial charge in [-0.05, 0) is 23.6 Å². The predicted octanol–water partition coefficient (Wildman–Crippen LogP) is 5.72. The molecule has 4 N–H and O–H groups in total. The van der Waals surface area contributed by atoms with Crippen LogP contribution in [0, 0.1) is 0 Å². The molecule has 0 aliphatic heterocycles. The van der Waals surface area contributed by atoms with Crippen molar-refractivity contribution < 1.29 is 13.2 Å². The monoisotopic (exact) mass is 395 g/mol. The third-order valence-electron chi connectivity index (χ3n) is 4.41. The van der Waals surface area contributed by atoms with Crippen molar-refractivity contribution in [3.63, 3.8) is 0 Å². The second-order valence-electron chi connectivity index (χ2n) is 6.30. The third-order valence-corrected chi connectivity index (χ3v) is 4.41. The van der Waals surface area contributed by atoms with Gasteiger partial charge in [-0.25, -0.2) is 9.97 Å². The molecule has 8 heteroatoms. The molecule has 1 aromatic heterocycles. The summed E-state index contributed by atoms with van der Waals surface area (Å²) in [5.74, 6) is 0.378. The fourth-order valence-corrected chi connectivity index (χ4v) is 3.02. The van der Waals surface area contributed by atoms with Crippen LogP contribution in [0.25, 0.3) is 10.8 Å². The van der Waals surface area contributed by atoms with Gasteiger partial charge in [-0.1, -0.05) is 48.5 Å². The van der Waals surface area contributed by atoms with E-state index in [4.69, 9.17) is 5.73 Å². The number of benzene rings is 3. The van der Waals surface area contributed by atoms with E-state index >= 15 is 0 Å². The highest BCUT2D eigenvalue weighted by Gasteiger charge is 2.33. The first-order valence-electron chi connectivity index (χ1n) is 8.72. The Morgan fingerprint density at radius 2 is 1.31 bits per heavy atom. The summed E-state index contributed by atoms with van der Waals surface area (Å²) in [7, 11) is 0. The normalized spacial score (nSPS) is 11.4. The first kappa shape index (κ1) is 18.5. The van der Waals surface area contributed by atoms with Crippen LogP contribution < -0.4 is 16.4 Å². The first-order chi connectivity index (χ1) is 13.9. The smallest absolute Gasteiger partial charge is 0.393 e. The molecule has 4 rings (SSSR count). The van der Waals surface area contributed by atoms with Crippen LogP contribution in [0.2, 0.25) is 0 Å². The van der Waals surface area contributed by atoms with E-state index < -0.39 is 11.7 Å². The van der Waals surface area contributed by atoms with E-state index in [0.717, 1.165) is 22.5 Å². The molecule has 0 aliphatic rings. The number of anilines is 5. The van der Waals surface area contributed by atoms with Crippen molar-refractivity contribution in [3.8, 4) is 0 Å². The molecule has 0 bridgehead atoms. The summed E-state index contributed by atoms with van der Waals surface area (Å²) in [6.45, 7) is 0. The lowest BCUT2D eigenvalue weighted by Gasteiger charge is -2.16. The molecule has 3 aromatic carbocycles. The number of rotatable bonds is 4.